The molecule has 0 N–H and O–H groups in total. The Morgan fingerprint density at radius 2 is 1.87 bits per heavy atom. The normalized spacial score (nSPS) is 33.0. The molecule has 3 heterocycles. The number of rotatable bonds is 2. The van der Waals surface area contributed by atoms with Gasteiger partial charge in [0.1, 0.15) is 0 Å². The predicted molar refractivity (Wildman–Crippen MR) is 92.6 cm³/mol. The van der Waals surface area contributed by atoms with Gasteiger partial charge in [-0.05, 0) is 63.4 Å². The second-order valence-corrected chi connectivity index (χ2v) is 7.69. The number of anilines is 1. The van der Waals surface area contributed by atoms with Crippen molar-refractivity contribution in [2.24, 2.45) is 5.41 Å². The van der Waals surface area contributed by atoms with Crippen LogP contribution in [-0.4, -0.2) is 61.5 Å². The number of para-hydroxylation sites is 1. The maximum absolute atomic E-state index is 12.9. The lowest BCUT2D eigenvalue weighted by Crippen LogP contribution is -2.51. The van der Waals surface area contributed by atoms with Crippen molar-refractivity contribution >= 4 is 11.6 Å². The van der Waals surface area contributed by atoms with Crippen molar-refractivity contribution < 1.29 is 4.79 Å². The van der Waals surface area contributed by atoms with Gasteiger partial charge in [-0.3, -0.25) is 9.69 Å². The van der Waals surface area contributed by atoms with Crippen LogP contribution in [0.25, 0.3) is 0 Å². The molecule has 0 bridgehead atoms. The van der Waals surface area contributed by atoms with Crippen molar-refractivity contribution in [3.8, 4) is 0 Å². The fourth-order valence-corrected chi connectivity index (χ4v) is 4.87. The minimum Gasteiger partial charge on any atom is -0.311 e. The number of likely N-dealkylation sites (tertiary alicyclic amines) is 2. The summed E-state index contributed by atoms with van der Waals surface area (Å²) >= 11 is 0. The monoisotopic (exact) mass is 313 g/mol. The minimum atomic E-state index is 0.0956. The van der Waals surface area contributed by atoms with Gasteiger partial charge in [0.25, 0.3) is 0 Å². The van der Waals surface area contributed by atoms with E-state index < -0.39 is 0 Å². The van der Waals surface area contributed by atoms with Gasteiger partial charge in [0, 0.05) is 25.3 Å². The third-order valence-electron chi connectivity index (χ3n) is 6.01. The number of carbonyl (C=O) groups is 1. The molecule has 124 valence electrons. The summed E-state index contributed by atoms with van der Waals surface area (Å²) in [7, 11) is 2.23. The molecule has 1 aromatic rings. The molecular formula is C19H27N3O. The first-order valence-electron chi connectivity index (χ1n) is 8.96. The van der Waals surface area contributed by atoms with Gasteiger partial charge in [-0.2, -0.15) is 0 Å². The van der Waals surface area contributed by atoms with Gasteiger partial charge in [0.05, 0.1) is 6.04 Å². The number of benzene rings is 1. The second kappa shape index (κ2) is 5.91. The summed E-state index contributed by atoms with van der Waals surface area (Å²) in [5.74, 6) is 0.305. The summed E-state index contributed by atoms with van der Waals surface area (Å²) in [4.78, 5) is 19.9. The van der Waals surface area contributed by atoms with E-state index in [1.54, 1.807) is 0 Å². The van der Waals surface area contributed by atoms with Crippen LogP contribution in [0.3, 0.4) is 0 Å². The van der Waals surface area contributed by atoms with Gasteiger partial charge in [0.2, 0.25) is 5.91 Å². The standard InChI is InChI=1S/C19H27N3O/c1-20-13-10-19(14-20)9-5-11-21(15-19)17-8-12-22(18(17)23)16-6-3-2-4-7-16/h2-4,6-7,17H,5,8-15H2,1H3/t17-,19+/m1/s1. The van der Waals surface area contributed by atoms with Crippen LogP contribution in [-0.2, 0) is 4.79 Å². The average Bonchev–Trinajstić information content (AvgIpc) is 3.12. The van der Waals surface area contributed by atoms with E-state index in [1.165, 1.54) is 32.4 Å². The molecule has 2 atom stereocenters. The highest BCUT2D eigenvalue weighted by Crippen LogP contribution is 2.40. The van der Waals surface area contributed by atoms with E-state index in [2.05, 4.69) is 16.8 Å². The number of amides is 1. The van der Waals surface area contributed by atoms with Crippen LogP contribution < -0.4 is 4.90 Å². The molecule has 3 fully saturated rings. The van der Waals surface area contributed by atoms with E-state index in [0.29, 0.717) is 11.3 Å². The first-order valence-corrected chi connectivity index (χ1v) is 8.96. The molecule has 4 rings (SSSR count). The smallest absolute Gasteiger partial charge is 0.244 e. The van der Waals surface area contributed by atoms with Crippen molar-refractivity contribution in [2.45, 2.75) is 31.7 Å². The number of hydrogen-bond acceptors (Lipinski definition) is 3. The number of hydrogen-bond donors (Lipinski definition) is 0. The summed E-state index contributed by atoms with van der Waals surface area (Å²) in [5, 5.41) is 0. The molecular weight excluding hydrogens is 286 g/mol. The lowest BCUT2D eigenvalue weighted by molar-refractivity contribution is -0.122. The van der Waals surface area contributed by atoms with E-state index in [4.69, 9.17) is 0 Å². The Hall–Kier alpha value is -1.39. The van der Waals surface area contributed by atoms with E-state index in [-0.39, 0.29) is 6.04 Å². The predicted octanol–water partition coefficient (Wildman–Crippen LogP) is 2.21. The maximum atomic E-state index is 12.9. The SMILES string of the molecule is CN1CC[C@@]2(CCCN([C@@H]3CCN(c4ccccc4)C3=O)C2)C1. The third kappa shape index (κ3) is 2.79. The number of nitrogens with zero attached hydrogens (tertiary/aromatic N) is 3. The molecule has 0 aromatic heterocycles. The molecule has 4 heteroatoms. The zero-order valence-corrected chi connectivity index (χ0v) is 14.1. The third-order valence-corrected chi connectivity index (χ3v) is 6.01. The highest BCUT2D eigenvalue weighted by Gasteiger charge is 2.45. The van der Waals surface area contributed by atoms with Crippen LogP contribution in [0.1, 0.15) is 25.7 Å². The van der Waals surface area contributed by atoms with Gasteiger partial charge >= 0.3 is 0 Å². The Morgan fingerprint density at radius 3 is 2.61 bits per heavy atom. The Morgan fingerprint density at radius 1 is 1.04 bits per heavy atom. The lowest BCUT2D eigenvalue weighted by atomic mass is 9.78. The average molecular weight is 313 g/mol. The Labute approximate surface area is 139 Å². The largest absolute Gasteiger partial charge is 0.311 e. The summed E-state index contributed by atoms with van der Waals surface area (Å²) in [5.41, 5.74) is 1.49. The van der Waals surface area contributed by atoms with Crippen LogP contribution in [0.2, 0.25) is 0 Å². The molecule has 0 radical (unpaired) electrons. The zero-order valence-electron chi connectivity index (χ0n) is 14.1. The van der Waals surface area contributed by atoms with Crippen LogP contribution in [0, 0.1) is 5.41 Å². The topological polar surface area (TPSA) is 26.8 Å². The van der Waals surface area contributed by atoms with Crippen molar-refractivity contribution in [2.75, 3.05) is 44.7 Å². The van der Waals surface area contributed by atoms with Crippen LogP contribution in [0.5, 0.6) is 0 Å². The minimum absolute atomic E-state index is 0.0956. The van der Waals surface area contributed by atoms with E-state index in [1.807, 2.05) is 35.2 Å². The number of piperidine rings is 1. The summed E-state index contributed by atoms with van der Waals surface area (Å²) in [6.45, 7) is 5.47. The fraction of sp³-hybridized carbons (Fsp3) is 0.632. The molecule has 1 spiro atoms. The van der Waals surface area contributed by atoms with E-state index >= 15 is 0 Å². The van der Waals surface area contributed by atoms with Gasteiger partial charge in [-0.1, -0.05) is 18.2 Å². The molecule has 23 heavy (non-hydrogen) atoms. The molecule has 1 amide bonds. The van der Waals surface area contributed by atoms with Crippen LogP contribution >= 0.6 is 0 Å². The van der Waals surface area contributed by atoms with Crippen molar-refractivity contribution in [3.05, 3.63) is 30.3 Å². The lowest BCUT2D eigenvalue weighted by Gasteiger charge is -2.42. The quantitative estimate of drug-likeness (QED) is 0.837. The molecule has 0 unspecified atom stereocenters. The van der Waals surface area contributed by atoms with Crippen molar-refractivity contribution in [1.29, 1.82) is 0 Å². The zero-order chi connectivity index (χ0) is 15.9. The Bertz CT molecular complexity index is 571. The molecule has 3 aliphatic rings. The van der Waals surface area contributed by atoms with Crippen molar-refractivity contribution in [3.63, 3.8) is 0 Å². The highest BCUT2D eigenvalue weighted by atomic mass is 16.2. The molecule has 3 saturated heterocycles. The molecule has 1 aromatic carbocycles. The maximum Gasteiger partial charge on any atom is 0.244 e. The molecule has 3 aliphatic heterocycles. The Balaban J connectivity index is 1.47. The second-order valence-electron chi connectivity index (χ2n) is 7.69. The fourth-order valence-electron chi connectivity index (χ4n) is 4.87. The van der Waals surface area contributed by atoms with Gasteiger partial charge in [-0.25, -0.2) is 0 Å². The molecule has 0 aliphatic carbocycles. The number of carbonyl (C=O) groups excluding carboxylic acids is 1. The molecule has 0 saturated carbocycles. The van der Waals surface area contributed by atoms with E-state index in [9.17, 15) is 4.79 Å². The summed E-state index contributed by atoms with van der Waals surface area (Å²) < 4.78 is 0. The van der Waals surface area contributed by atoms with Gasteiger partial charge in [0.15, 0.2) is 0 Å². The van der Waals surface area contributed by atoms with Gasteiger partial charge in [-0.15, -0.1) is 0 Å². The van der Waals surface area contributed by atoms with Crippen molar-refractivity contribution in [1.82, 2.24) is 9.80 Å². The van der Waals surface area contributed by atoms with Crippen LogP contribution in [0.15, 0.2) is 30.3 Å². The van der Waals surface area contributed by atoms with Gasteiger partial charge < -0.3 is 9.80 Å². The molecule has 4 nitrogen and oxygen atoms in total. The first kappa shape index (κ1) is 15.2. The summed E-state index contributed by atoms with van der Waals surface area (Å²) in [6, 6.07) is 10.2. The van der Waals surface area contributed by atoms with Crippen LogP contribution in [0.4, 0.5) is 5.69 Å². The first-order chi connectivity index (χ1) is 11.2. The summed E-state index contributed by atoms with van der Waals surface area (Å²) in [6.07, 6.45) is 4.84. The highest BCUT2D eigenvalue weighted by molar-refractivity contribution is 5.99. The van der Waals surface area contributed by atoms with E-state index in [0.717, 1.165) is 31.7 Å². The Kier molecular flexibility index (Phi) is 3.90.